The molecule has 9 N–H and O–H groups in total. The Kier molecular flexibility index (Phi) is 16.4. The van der Waals surface area contributed by atoms with Crippen LogP contribution in [0.5, 0.6) is 11.8 Å². The number of nitrogens with zero attached hydrogens (tertiary/aromatic N) is 8. The number of nitrogens with one attached hydrogen (secondary N) is 1. The van der Waals surface area contributed by atoms with Gasteiger partial charge in [0.2, 0.25) is 11.8 Å². The minimum Gasteiger partial charge on any atom is -0.493 e. The third kappa shape index (κ3) is 11.7. The van der Waals surface area contributed by atoms with Gasteiger partial charge >= 0.3 is 5.97 Å². The average Bonchev–Trinajstić information content (AvgIpc) is 3.26. The van der Waals surface area contributed by atoms with E-state index in [0.29, 0.717) is 63.2 Å². The molecule has 2 aromatic carbocycles. The lowest BCUT2D eigenvalue weighted by molar-refractivity contribution is 0.0518. The quantitative estimate of drug-likeness (QED) is 0.0665. The Hall–Kier alpha value is -5.84. The molecule has 0 unspecified atom stereocenters. The van der Waals surface area contributed by atoms with Gasteiger partial charge in [-0.3, -0.25) is 23.5 Å². The van der Waals surface area contributed by atoms with E-state index in [-0.39, 0.29) is 44.8 Å². The highest BCUT2D eigenvalue weighted by atomic mass is 35.5. The molecule has 6 heterocycles. The first kappa shape index (κ1) is 48.6. The molecule has 0 aliphatic carbocycles. The molecular formula is C40H38Cl4N12O7S2. The minimum absolute atomic E-state index is 0.140. The highest BCUT2D eigenvalue weighted by Crippen LogP contribution is 2.39. The van der Waals surface area contributed by atoms with Crippen LogP contribution in [-0.4, -0.2) is 67.7 Å². The molecule has 65 heavy (non-hydrogen) atoms. The van der Waals surface area contributed by atoms with E-state index >= 15 is 0 Å². The van der Waals surface area contributed by atoms with Crippen LogP contribution in [0.15, 0.2) is 78.2 Å². The van der Waals surface area contributed by atoms with Gasteiger partial charge in [0.15, 0.2) is 22.8 Å². The van der Waals surface area contributed by atoms with Crippen molar-refractivity contribution in [3.8, 4) is 11.8 Å². The van der Waals surface area contributed by atoms with Gasteiger partial charge < -0.3 is 37.5 Å². The van der Waals surface area contributed by atoms with Gasteiger partial charge in [0.1, 0.15) is 32.0 Å². The summed E-state index contributed by atoms with van der Waals surface area (Å²) in [4.78, 5) is 74.4. The van der Waals surface area contributed by atoms with Gasteiger partial charge in [-0.1, -0.05) is 82.1 Å². The number of esters is 1. The highest BCUT2D eigenvalue weighted by molar-refractivity contribution is 7.99. The summed E-state index contributed by atoms with van der Waals surface area (Å²) in [6.45, 7) is 2.78. The number of nitrogen functional groups attached to an aromatic ring is 3. The van der Waals surface area contributed by atoms with Crippen LogP contribution < -0.4 is 33.6 Å². The summed E-state index contributed by atoms with van der Waals surface area (Å²) in [6, 6.07) is 10.3. The first-order valence-electron chi connectivity index (χ1n) is 19.5. The number of nitrogens with two attached hydrogens (primary N) is 3. The number of ether oxygens (including phenoxy) is 1. The fraction of sp³-hybridized carbons (Fsp3) is 0.250. The number of aryl methyl sites for hydroxylation is 2. The number of aromatic hydroxyl groups is 2. The van der Waals surface area contributed by atoms with Gasteiger partial charge in [0.05, 0.1) is 40.4 Å². The Morgan fingerprint density at radius 3 is 1.74 bits per heavy atom. The maximum Gasteiger partial charge on any atom is 0.349 e. The predicted molar refractivity (Wildman–Crippen MR) is 249 cm³/mol. The van der Waals surface area contributed by atoms with Crippen LogP contribution in [0.2, 0.25) is 20.4 Å². The molecule has 0 radical (unpaired) electrons. The Morgan fingerprint density at radius 1 is 0.723 bits per heavy atom. The van der Waals surface area contributed by atoms with Gasteiger partial charge in [-0.2, -0.15) is 9.97 Å². The zero-order valence-electron chi connectivity index (χ0n) is 34.1. The maximum absolute atomic E-state index is 12.8. The summed E-state index contributed by atoms with van der Waals surface area (Å²) in [5.41, 5.74) is 16.1. The monoisotopic (exact) mass is 1000 g/mol. The molecule has 19 nitrogen and oxygen atoms in total. The number of benzene rings is 2. The summed E-state index contributed by atoms with van der Waals surface area (Å²) in [5, 5.41) is 24.5. The number of fused-ring (bicyclic) bond motifs is 2. The van der Waals surface area contributed by atoms with Crippen LogP contribution in [-0.2, 0) is 30.7 Å². The van der Waals surface area contributed by atoms with Crippen molar-refractivity contribution in [3.05, 3.63) is 113 Å². The Bertz CT molecular complexity index is 2910. The van der Waals surface area contributed by atoms with E-state index in [2.05, 4.69) is 35.2 Å². The SMILES string of the molecule is CCOC(=O)c1c(O)nc2n(c1=O)CCCC2.Nc1cccc(Sc2ncc(Cl)nc2N)c1Cl.Nc1nc(Cl)cnc1Sc1cccc(NC(=O)c2c(O)nc3n(c2=O)CCCC3)c1Cl. The number of halogens is 4. The van der Waals surface area contributed by atoms with Crippen molar-refractivity contribution >= 4 is 105 Å². The number of rotatable bonds is 8. The second-order valence-corrected chi connectivity index (χ2v) is 17.3. The molecule has 2 aliphatic heterocycles. The summed E-state index contributed by atoms with van der Waals surface area (Å²) < 4.78 is 7.59. The van der Waals surface area contributed by atoms with Crippen molar-refractivity contribution < 1.29 is 24.5 Å². The van der Waals surface area contributed by atoms with Crippen molar-refractivity contribution in [2.24, 2.45) is 0 Å². The summed E-state index contributed by atoms with van der Waals surface area (Å²) in [6.07, 6.45) is 7.51. The van der Waals surface area contributed by atoms with E-state index in [9.17, 15) is 29.4 Å². The van der Waals surface area contributed by atoms with Gasteiger partial charge in [0.25, 0.3) is 17.0 Å². The number of hydrogen-bond acceptors (Lipinski definition) is 18. The Morgan fingerprint density at radius 2 is 1.22 bits per heavy atom. The molecule has 25 heteroatoms. The molecule has 0 fully saturated rings. The van der Waals surface area contributed by atoms with Crippen molar-refractivity contribution in [1.82, 2.24) is 39.0 Å². The van der Waals surface area contributed by atoms with Crippen molar-refractivity contribution in [3.63, 3.8) is 0 Å². The lowest BCUT2D eigenvalue weighted by Gasteiger charge is -2.18. The molecule has 0 bridgehead atoms. The van der Waals surface area contributed by atoms with E-state index < -0.39 is 40.3 Å². The van der Waals surface area contributed by atoms with E-state index in [1.165, 1.54) is 33.3 Å². The lowest BCUT2D eigenvalue weighted by Crippen LogP contribution is -2.34. The summed E-state index contributed by atoms with van der Waals surface area (Å²) in [5.74, 6) is -1.32. The van der Waals surface area contributed by atoms with Gasteiger partial charge in [-0.05, 0) is 56.9 Å². The van der Waals surface area contributed by atoms with Crippen LogP contribution in [0.4, 0.5) is 23.0 Å². The predicted octanol–water partition coefficient (Wildman–Crippen LogP) is 6.93. The molecule has 0 atom stereocenters. The molecule has 0 saturated carbocycles. The van der Waals surface area contributed by atoms with Gasteiger partial charge in [-0.25, -0.2) is 24.7 Å². The van der Waals surface area contributed by atoms with Crippen LogP contribution in [0, 0.1) is 0 Å². The zero-order chi connectivity index (χ0) is 46.9. The van der Waals surface area contributed by atoms with E-state index in [1.807, 2.05) is 12.1 Å². The molecule has 8 rings (SSSR count). The second-order valence-electron chi connectivity index (χ2n) is 13.7. The largest absolute Gasteiger partial charge is 0.493 e. The fourth-order valence-electron chi connectivity index (χ4n) is 6.28. The third-order valence-corrected chi connectivity index (χ3v) is 12.9. The van der Waals surface area contributed by atoms with E-state index in [1.54, 1.807) is 31.2 Å². The molecule has 2 aliphatic rings. The maximum atomic E-state index is 12.8. The number of carbonyl (C=O) groups excluding carboxylic acids is 2. The molecule has 340 valence electrons. The topological polar surface area (TPSA) is 295 Å². The zero-order valence-corrected chi connectivity index (χ0v) is 38.7. The van der Waals surface area contributed by atoms with Crippen LogP contribution in [0.25, 0.3) is 0 Å². The normalized spacial score (nSPS) is 12.6. The molecule has 4 aromatic heterocycles. The molecule has 1 amide bonds. The molecular weight excluding hydrogens is 966 g/mol. The highest BCUT2D eigenvalue weighted by Gasteiger charge is 2.26. The lowest BCUT2D eigenvalue weighted by atomic mass is 10.1. The van der Waals surface area contributed by atoms with Gasteiger partial charge in [0, 0.05) is 35.7 Å². The molecule has 0 saturated heterocycles. The van der Waals surface area contributed by atoms with E-state index in [0.717, 1.165) is 42.3 Å². The van der Waals surface area contributed by atoms with Gasteiger partial charge in [-0.15, -0.1) is 0 Å². The molecule has 6 aromatic rings. The number of aromatic nitrogens is 8. The smallest absolute Gasteiger partial charge is 0.349 e. The summed E-state index contributed by atoms with van der Waals surface area (Å²) >= 11 is 26.4. The van der Waals surface area contributed by atoms with Crippen molar-refractivity contribution in [1.29, 1.82) is 0 Å². The van der Waals surface area contributed by atoms with Crippen LogP contribution >= 0.6 is 69.9 Å². The Labute approximate surface area is 398 Å². The third-order valence-electron chi connectivity index (χ3n) is 9.32. The number of carbonyl (C=O) groups is 2. The van der Waals surface area contributed by atoms with E-state index in [4.69, 9.17) is 68.3 Å². The molecule has 0 spiro atoms. The number of anilines is 4. The van der Waals surface area contributed by atoms with Crippen molar-refractivity contribution in [2.75, 3.05) is 29.1 Å². The minimum atomic E-state index is -0.816. The number of hydrogen-bond donors (Lipinski definition) is 6. The Balaban J connectivity index is 0.000000175. The van der Waals surface area contributed by atoms with Crippen molar-refractivity contribution in [2.45, 2.75) is 78.4 Å². The van der Waals surface area contributed by atoms with Crippen LogP contribution in [0.1, 0.15) is 65.0 Å². The first-order chi connectivity index (χ1) is 31.1. The number of amides is 1. The first-order valence-corrected chi connectivity index (χ1v) is 22.6. The second kappa shape index (κ2) is 21.9. The standard InChI is InChI=1S/C19H16Cl2N6O3S.C11H14N2O4.C10H8Cl2N4S/c20-11-8-23-18(15(22)25-11)31-10-5-3-4-9(14(10)21)24-16(28)13-17(29)26-12-6-1-2-7-27(12)19(13)30;1-2-17-11(16)8-9(14)12-7-5-3-4-6-13(7)10(8)15;11-7-4-15-10(9(14)16-7)17-6-3-1-2-5(13)8(6)12/h3-5,8,29H,1-2,6-7H2,(H2,22,25)(H,24,28);14H,2-6H2,1H3;1-4H,13H2,(H2,14,16). The van der Waals surface area contributed by atoms with Crippen LogP contribution in [0.3, 0.4) is 0 Å². The fourth-order valence-corrected chi connectivity index (χ4v) is 8.72. The summed E-state index contributed by atoms with van der Waals surface area (Å²) in [7, 11) is 0. The average molecular weight is 1000 g/mol.